The predicted molar refractivity (Wildman–Crippen MR) is 83.6 cm³/mol. The molecule has 19 heavy (non-hydrogen) atoms. The van der Waals surface area contributed by atoms with Crippen LogP contribution in [0.1, 0.15) is 22.6 Å². The first-order valence-corrected chi connectivity index (χ1v) is 8.10. The van der Waals surface area contributed by atoms with Crippen molar-refractivity contribution >= 4 is 27.3 Å². The fourth-order valence-electron chi connectivity index (χ4n) is 2.11. The largest absolute Gasteiger partial charge is 0.396 e. The van der Waals surface area contributed by atoms with Gasteiger partial charge in [0.2, 0.25) is 0 Å². The minimum Gasteiger partial charge on any atom is -0.396 e. The highest BCUT2D eigenvalue weighted by molar-refractivity contribution is 9.10. The van der Waals surface area contributed by atoms with E-state index in [9.17, 15) is 5.11 Å². The number of aliphatic hydroxyl groups excluding tert-OH is 1. The Morgan fingerprint density at radius 3 is 2.63 bits per heavy atom. The van der Waals surface area contributed by atoms with Gasteiger partial charge in [-0.1, -0.05) is 28.1 Å². The molecule has 2 aromatic rings. The molecule has 0 aliphatic heterocycles. The summed E-state index contributed by atoms with van der Waals surface area (Å²) < 4.78 is 1.09. The lowest BCUT2D eigenvalue weighted by Crippen LogP contribution is -2.11. The Balaban J connectivity index is 1.90. The second kappa shape index (κ2) is 7.17. The number of benzene rings is 1. The Hall–Kier alpha value is -0.710. The second-order valence-electron chi connectivity index (χ2n) is 4.78. The van der Waals surface area contributed by atoms with Gasteiger partial charge in [-0.3, -0.25) is 0 Å². The molecule has 1 heterocycles. The van der Waals surface area contributed by atoms with Gasteiger partial charge in [0.15, 0.2) is 0 Å². The number of hydrogen-bond donors (Lipinski definition) is 1. The molecular weight excluding hydrogens is 322 g/mol. The summed E-state index contributed by atoms with van der Waals surface area (Å²) in [4.78, 5) is 5.61. The highest BCUT2D eigenvalue weighted by Gasteiger charge is 2.11. The minimum absolute atomic E-state index is 0.244. The molecule has 0 aliphatic rings. The number of rotatable bonds is 6. The molecule has 0 amide bonds. The molecule has 0 saturated carbocycles. The van der Waals surface area contributed by atoms with Crippen LogP contribution in [0.4, 0.5) is 0 Å². The van der Waals surface area contributed by atoms with Crippen LogP contribution < -0.4 is 0 Å². The molecule has 0 spiro atoms. The van der Waals surface area contributed by atoms with E-state index in [1.165, 1.54) is 10.4 Å². The van der Waals surface area contributed by atoms with Crippen LogP contribution in [0.3, 0.4) is 0 Å². The SMILES string of the molecule is Cc1ncsc1CCC(CO)Cc1ccc(Br)cc1. The number of aromatic nitrogens is 1. The van der Waals surface area contributed by atoms with Crippen molar-refractivity contribution in [1.82, 2.24) is 4.98 Å². The Morgan fingerprint density at radius 2 is 2.05 bits per heavy atom. The molecule has 2 rings (SSSR count). The molecule has 0 fully saturated rings. The standard InChI is InChI=1S/C15H18BrNOS/c1-11-15(19-10-17-11)7-4-13(9-18)8-12-2-5-14(16)6-3-12/h2-3,5-6,10,13,18H,4,7-9H2,1H3. The summed E-state index contributed by atoms with van der Waals surface area (Å²) in [5.74, 6) is 0.322. The highest BCUT2D eigenvalue weighted by atomic mass is 79.9. The van der Waals surface area contributed by atoms with Gasteiger partial charge in [0, 0.05) is 16.0 Å². The lowest BCUT2D eigenvalue weighted by molar-refractivity contribution is 0.218. The molecule has 1 atom stereocenters. The van der Waals surface area contributed by atoms with Crippen LogP contribution in [-0.2, 0) is 12.8 Å². The first-order chi connectivity index (χ1) is 9.19. The third-order valence-electron chi connectivity index (χ3n) is 3.32. The third-order valence-corrected chi connectivity index (χ3v) is 4.84. The molecule has 1 N–H and O–H groups in total. The molecule has 0 saturated heterocycles. The van der Waals surface area contributed by atoms with Crippen LogP contribution in [0.5, 0.6) is 0 Å². The maximum Gasteiger partial charge on any atom is 0.0797 e. The van der Waals surface area contributed by atoms with E-state index in [0.717, 1.165) is 29.4 Å². The van der Waals surface area contributed by atoms with Crippen molar-refractivity contribution in [2.75, 3.05) is 6.61 Å². The molecule has 1 unspecified atom stereocenters. The van der Waals surface area contributed by atoms with E-state index in [0.29, 0.717) is 5.92 Å². The minimum atomic E-state index is 0.244. The maximum absolute atomic E-state index is 9.52. The van der Waals surface area contributed by atoms with Gasteiger partial charge < -0.3 is 5.11 Å². The number of hydrogen-bond acceptors (Lipinski definition) is 3. The monoisotopic (exact) mass is 339 g/mol. The van der Waals surface area contributed by atoms with Gasteiger partial charge in [0.1, 0.15) is 0 Å². The lowest BCUT2D eigenvalue weighted by atomic mass is 9.95. The summed E-state index contributed by atoms with van der Waals surface area (Å²) in [6, 6.07) is 8.34. The van der Waals surface area contributed by atoms with E-state index >= 15 is 0 Å². The van der Waals surface area contributed by atoms with E-state index in [1.54, 1.807) is 11.3 Å². The maximum atomic E-state index is 9.52. The van der Waals surface area contributed by atoms with Crippen molar-refractivity contribution in [3.63, 3.8) is 0 Å². The fourth-order valence-corrected chi connectivity index (χ4v) is 3.17. The average Bonchev–Trinajstić information content (AvgIpc) is 2.82. The lowest BCUT2D eigenvalue weighted by Gasteiger charge is -2.14. The Kier molecular flexibility index (Phi) is 5.55. The Morgan fingerprint density at radius 1 is 1.32 bits per heavy atom. The van der Waals surface area contributed by atoms with Crippen molar-refractivity contribution in [3.05, 3.63) is 50.4 Å². The first kappa shape index (κ1) is 14.7. The molecule has 2 nitrogen and oxygen atoms in total. The predicted octanol–water partition coefficient (Wildman–Crippen LogP) is 4.00. The van der Waals surface area contributed by atoms with E-state index in [-0.39, 0.29) is 6.61 Å². The van der Waals surface area contributed by atoms with Crippen molar-refractivity contribution in [3.8, 4) is 0 Å². The topological polar surface area (TPSA) is 33.1 Å². The molecule has 1 aromatic heterocycles. The van der Waals surface area contributed by atoms with Crippen LogP contribution >= 0.6 is 27.3 Å². The number of halogens is 1. The van der Waals surface area contributed by atoms with Gasteiger partial charge in [-0.15, -0.1) is 11.3 Å². The zero-order valence-corrected chi connectivity index (χ0v) is 13.4. The van der Waals surface area contributed by atoms with Gasteiger partial charge in [0.25, 0.3) is 0 Å². The van der Waals surface area contributed by atoms with Gasteiger partial charge in [-0.25, -0.2) is 4.98 Å². The van der Waals surface area contributed by atoms with E-state index in [1.807, 2.05) is 5.51 Å². The van der Waals surface area contributed by atoms with Gasteiger partial charge >= 0.3 is 0 Å². The third kappa shape index (κ3) is 4.41. The highest BCUT2D eigenvalue weighted by Crippen LogP contribution is 2.20. The van der Waals surface area contributed by atoms with Crippen molar-refractivity contribution in [1.29, 1.82) is 0 Å². The van der Waals surface area contributed by atoms with Crippen molar-refractivity contribution in [2.45, 2.75) is 26.2 Å². The zero-order chi connectivity index (χ0) is 13.7. The summed E-state index contributed by atoms with van der Waals surface area (Å²) in [6.07, 6.45) is 2.95. The van der Waals surface area contributed by atoms with Crippen LogP contribution in [-0.4, -0.2) is 16.7 Å². The quantitative estimate of drug-likeness (QED) is 0.862. The van der Waals surface area contributed by atoms with E-state index in [2.05, 4.69) is 52.1 Å². The van der Waals surface area contributed by atoms with Gasteiger partial charge in [0.05, 0.1) is 11.2 Å². The number of aliphatic hydroxyl groups is 1. The summed E-state index contributed by atoms with van der Waals surface area (Å²) >= 11 is 5.15. The molecule has 0 radical (unpaired) electrons. The smallest absolute Gasteiger partial charge is 0.0797 e. The summed E-state index contributed by atoms with van der Waals surface area (Å²) in [6.45, 7) is 2.29. The Labute approximate surface area is 126 Å². The van der Waals surface area contributed by atoms with Gasteiger partial charge in [-0.05, 0) is 49.8 Å². The summed E-state index contributed by atoms with van der Waals surface area (Å²) in [5, 5.41) is 9.52. The van der Waals surface area contributed by atoms with E-state index < -0.39 is 0 Å². The molecular formula is C15H18BrNOS. The fraction of sp³-hybridized carbons (Fsp3) is 0.400. The molecule has 1 aromatic carbocycles. The Bertz CT molecular complexity index is 509. The van der Waals surface area contributed by atoms with Crippen molar-refractivity contribution < 1.29 is 5.11 Å². The molecule has 0 bridgehead atoms. The van der Waals surface area contributed by atoms with Gasteiger partial charge in [-0.2, -0.15) is 0 Å². The first-order valence-electron chi connectivity index (χ1n) is 6.43. The normalized spacial score (nSPS) is 12.6. The van der Waals surface area contributed by atoms with E-state index in [4.69, 9.17) is 0 Å². The average molecular weight is 340 g/mol. The number of thiazole rings is 1. The summed E-state index contributed by atoms with van der Waals surface area (Å²) in [5.41, 5.74) is 4.31. The van der Waals surface area contributed by atoms with Crippen LogP contribution in [0.2, 0.25) is 0 Å². The van der Waals surface area contributed by atoms with Crippen molar-refractivity contribution in [2.24, 2.45) is 5.92 Å². The summed E-state index contributed by atoms with van der Waals surface area (Å²) in [7, 11) is 0. The molecule has 4 heteroatoms. The molecule has 0 aliphatic carbocycles. The zero-order valence-electron chi connectivity index (χ0n) is 11.0. The second-order valence-corrected chi connectivity index (χ2v) is 6.63. The molecule has 102 valence electrons. The van der Waals surface area contributed by atoms with Crippen LogP contribution in [0, 0.1) is 12.8 Å². The van der Waals surface area contributed by atoms with Crippen LogP contribution in [0.15, 0.2) is 34.2 Å². The van der Waals surface area contributed by atoms with Crippen LogP contribution in [0.25, 0.3) is 0 Å². The number of nitrogens with zero attached hydrogens (tertiary/aromatic N) is 1. The number of aryl methyl sites for hydroxylation is 2.